The second-order valence-electron chi connectivity index (χ2n) is 8.41. The van der Waals surface area contributed by atoms with Crippen LogP contribution < -0.4 is 0 Å². The number of esters is 3. The first-order valence-corrected chi connectivity index (χ1v) is 10.6. The van der Waals surface area contributed by atoms with Gasteiger partial charge in [0.25, 0.3) is 0 Å². The number of aliphatic hydroxyl groups is 2. The Bertz CT molecular complexity index is 862. The number of carbonyl (C=O) groups excluding carboxylic acids is 3. The lowest BCUT2D eigenvalue weighted by atomic mass is 9.75. The number of fused-ring (bicyclic) bond motifs is 3. The topological polar surface area (TPSA) is 119 Å². The highest BCUT2D eigenvalue weighted by Gasteiger charge is 2.62. The van der Waals surface area contributed by atoms with E-state index >= 15 is 0 Å². The number of hydrogen-bond donors (Lipinski definition) is 2. The van der Waals surface area contributed by atoms with Crippen LogP contribution in [0.25, 0.3) is 0 Å². The van der Waals surface area contributed by atoms with Gasteiger partial charge in [-0.2, -0.15) is 0 Å². The Morgan fingerprint density at radius 2 is 2.03 bits per heavy atom. The molecular formula is C22H27ClO8. The molecule has 0 radical (unpaired) electrons. The Kier molecular flexibility index (Phi) is 6.64. The lowest BCUT2D eigenvalue weighted by Crippen LogP contribution is -2.50. The van der Waals surface area contributed by atoms with E-state index in [1.54, 1.807) is 6.08 Å². The number of aliphatic hydroxyl groups excluding tert-OH is 1. The summed E-state index contributed by atoms with van der Waals surface area (Å²) in [5, 5.41) is 20.6. The second kappa shape index (κ2) is 8.76. The number of rotatable bonds is 5. The molecule has 2 N–H and O–H groups in total. The third kappa shape index (κ3) is 4.16. The van der Waals surface area contributed by atoms with Crippen molar-refractivity contribution in [1.82, 2.24) is 0 Å². The van der Waals surface area contributed by atoms with Gasteiger partial charge in [-0.05, 0) is 26.0 Å². The van der Waals surface area contributed by atoms with Gasteiger partial charge < -0.3 is 24.4 Å². The third-order valence-electron chi connectivity index (χ3n) is 6.40. The van der Waals surface area contributed by atoms with E-state index in [1.807, 2.05) is 6.92 Å². The summed E-state index contributed by atoms with van der Waals surface area (Å²) in [5.41, 5.74) is -0.479. The van der Waals surface area contributed by atoms with Crippen LogP contribution >= 0.6 is 11.6 Å². The molecule has 2 fully saturated rings. The van der Waals surface area contributed by atoms with E-state index in [0.29, 0.717) is 0 Å². The zero-order valence-corrected chi connectivity index (χ0v) is 18.4. The van der Waals surface area contributed by atoms with E-state index in [2.05, 4.69) is 6.58 Å². The average molecular weight is 455 g/mol. The summed E-state index contributed by atoms with van der Waals surface area (Å²) >= 11 is 6.22. The summed E-state index contributed by atoms with van der Waals surface area (Å²) in [5.74, 6) is -3.94. The molecule has 0 amide bonds. The van der Waals surface area contributed by atoms with Crippen LogP contribution in [0, 0.1) is 17.8 Å². The maximum absolute atomic E-state index is 12.6. The first kappa shape index (κ1) is 23.5. The number of ether oxygens (including phenoxy) is 3. The quantitative estimate of drug-likeness (QED) is 0.210. The van der Waals surface area contributed by atoms with E-state index in [4.69, 9.17) is 30.9 Å². The summed E-state index contributed by atoms with van der Waals surface area (Å²) in [6.45, 7) is 8.07. The molecule has 0 unspecified atom stereocenters. The highest BCUT2D eigenvalue weighted by atomic mass is 35.5. The molecule has 1 saturated carbocycles. The second-order valence-corrected chi connectivity index (χ2v) is 8.68. The van der Waals surface area contributed by atoms with Crippen LogP contribution in [-0.4, -0.2) is 64.5 Å². The number of carbonyl (C=O) groups is 3. The molecule has 0 aromatic heterocycles. The first-order chi connectivity index (χ1) is 14.5. The van der Waals surface area contributed by atoms with E-state index in [0.717, 1.165) is 5.57 Å². The molecule has 31 heavy (non-hydrogen) atoms. The van der Waals surface area contributed by atoms with Gasteiger partial charge in [0.15, 0.2) is 0 Å². The molecular weight excluding hydrogens is 428 g/mol. The molecule has 3 rings (SSSR count). The highest BCUT2D eigenvalue weighted by molar-refractivity contribution is 6.18. The van der Waals surface area contributed by atoms with Gasteiger partial charge in [0.05, 0.1) is 24.0 Å². The third-order valence-corrected chi connectivity index (χ3v) is 6.86. The van der Waals surface area contributed by atoms with Crippen molar-refractivity contribution in [2.24, 2.45) is 17.8 Å². The fourth-order valence-corrected chi connectivity index (χ4v) is 5.31. The van der Waals surface area contributed by atoms with Crippen LogP contribution in [0.2, 0.25) is 0 Å². The van der Waals surface area contributed by atoms with Crippen LogP contribution in [0.3, 0.4) is 0 Å². The number of alkyl halides is 1. The standard InChI is InChI=1S/C22H27ClO8/c1-10(5-6-24)20(26)30-15-8-22(28,9-23)18-14(29-13(4)25)7-11(2)16(18)19-17(15)12(3)21(27)31-19/h5,7,14-19,24,28H,3,6,8-9H2,1-2,4H3/b10-5+/t14-,15+,16-,17-,18+,19-,22-/m0/s1. The summed E-state index contributed by atoms with van der Waals surface area (Å²) in [6, 6.07) is 0. The Balaban J connectivity index is 2.06. The van der Waals surface area contributed by atoms with Crippen LogP contribution in [0.4, 0.5) is 0 Å². The molecule has 1 aliphatic heterocycles. The van der Waals surface area contributed by atoms with E-state index < -0.39 is 59.6 Å². The average Bonchev–Trinajstić information content (AvgIpc) is 3.13. The Labute approximate surface area is 185 Å². The van der Waals surface area contributed by atoms with Crippen molar-refractivity contribution in [2.75, 3.05) is 12.5 Å². The molecule has 2 aliphatic carbocycles. The maximum Gasteiger partial charge on any atom is 0.334 e. The van der Waals surface area contributed by atoms with Crippen molar-refractivity contribution >= 4 is 29.5 Å². The number of hydrogen-bond acceptors (Lipinski definition) is 8. The van der Waals surface area contributed by atoms with E-state index in [-0.39, 0.29) is 30.1 Å². The van der Waals surface area contributed by atoms with Crippen molar-refractivity contribution < 1.29 is 38.8 Å². The maximum atomic E-state index is 12.6. The fourth-order valence-electron chi connectivity index (χ4n) is 5.02. The van der Waals surface area contributed by atoms with E-state index in [1.165, 1.54) is 19.9 Å². The molecule has 170 valence electrons. The molecule has 1 heterocycles. The fraction of sp³-hybridized carbons (Fsp3) is 0.591. The summed E-state index contributed by atoms with van der Waals surface area (Å²) in [6.07, 6.45) is 0.433. The SMILES string of the molecule is C=C1C(=O)O[C@H]2[C@H]3C(C)=C[C@H](OC(C)=O)[C@H]3[C@@](O)(CCl)C[C@@H](OC(=O)/C(C)=C/CO)[C@H]12. The van der Waals surface area contributed by atoms with Crippen LogP contribution in [0.1, 0.15) is 27.2 Å². The lowest BCUT2D eigenvalue weighted by Gasteiger charge is -2.38. The molecule has 0 aromatic carbocycles. The monoisotopic (exact) mass is 454 g/mol. The van der Waals surface area contributed by atoms with Crippen LogP contribution in [-0.2, 0) is 28.6 Å². The predicted octanol–water partition coefficient (Wildman–Crippen LogP) is 1.43. The summed E-state index contributed by atoms with van der Waals surface area (Å²) in [4.78, 5) is 36.6. The van der Waals surface area contributed by atoms with Crippen molar-refractivity contribution in [3.05, 3.63) is 35.5 Å². The van der Waals surface area contributed by atoms with Crippen molar-refractivity contribution in [3.63, 3.8) is 0 Å². The lowest BCUT2D eigenvalue weighted by molar-refractivity contribution is -0.157. The minimum Gasteiger partial charge on any atom is -0.458 e. The van der Waals surface area contributed by atoms with Crippen LogP contribution in [0.15, 0.2) is 35.5 Å². The first-order valence-electron chi connectivity index (χ1n) is 10.1. The van der Waals surface area contributed by atoms with Gasteiger partial charge in [0, 0.05) is 36.3 Å². The molecule has 7 atom stereocenters. The van der Waals surface area contributed by atoms with Gasteiger partial charge in [-0.25, -0.2) is 9.59 Å². The van der Waals surface area contributed by atoms with Gasteiger partial charge >= 0.3 is 17.9 Å². The Hall–Kier alpha value is -2.16. The Morgan fingerprint density at radius 1 is 1.35 bits per heavy atom. The zero-order valence-electron chi connectivity index (χ0n) is 17.7. The van der Waals surface area contributed by atoms with Gasteiger partial charge in [-0.15, -0.1) is 11.6 Å². The predicted molar refractivity (Wildman–Crippen MR) is 110 cm³/mol. The van der Waals surface area contributed by atoms with Gasteiger partial charge in [0.2, 0.25) is 0 Å². The summed E-state index contributed by atoms with van der Waals surface area (Å²) in [7, 11) is 0. The molecule has 0 aromatic rings. The molecule has 0 spiro atoms. The summed E-state index contributed by atoms with van der Waals surface area (Å²) < 4.78 is 16.8. The molecule has 3 aliphatic rings. The minimum absolute atomic E-state index is 0.106. The van der Waals surface area contributed by atoms with Gasteiger partial charge in [-0.3, -0.25) is 4.79 Å². The van der Waals surface area contributed by atoms with Crippen molar-refractivity contribution in [1.29, 1.82) is 0 Å². The highest BCUT2D eigenvalue weighted by Crippen LogP contribution is 2.54. The molecule has 8 nitrogen and oxygen atoms in total. The molecule has 9 heteroatoms. The minimum atomic E-state index is -1.59. The zero-order chi connectivity index (χ0) is 23.1. The van der Waals surface area contributed by atoms with Gasteiger partial charge in [0.1, 0.15) is 18.3 Å². The molecule has 1 saturated heterocycles. The van der Waals surface area contributed by atoms with Gasteiger partial charge in [-0.1, -0.05) is 12.2 Å². The van der Waals surface area contributed by atoms with E-state index in [9.17, 15) is 19.5 Å². The smallest absolute Gasteiger partial charge is 0.334 e. The van der Waals surface area contributed by atoms with Crippen molar-refractivity contribution in [2.45, 2.75) is 51.1 Å². The van der Waals surface area contributed by atoms with Crippen molar-refractivity contribution in [3.8, 4) is 0 Å². The van der Waals surface area contributed by atoms with Crippen LogP contribution in [0.5, 0.6) is 0 Å². The molecule has 0 bridgehead atoms. The largest absolute Gasteiger partial charge is 0.458 e. The number of halogens is 1. The Morgan fingerprint density at radius 3 is 2.61 bits per heavy atom. The normalized spacial score (nSPS) is 37.4.